The van der Waals surface area contributed by atoms with Gasteiger partial charge in [0.1, 0.15) is 0 Å². The minimum absolute atomic E-state index is 0.833. The van der Waals surface area contributed by atoms with Gasteiger partial charge in [-0.2, -0.15) is 0 Å². The maximum absolute atomic E-state index is 9.25. The molecule has 3 heteroatoms. The van der Waals surface area contributed by atoms with Gasteiger partial charge in [0.05, 0.1) is 0 Å². The lowest BCUT2D eigenvalue weighted by atomic mass is 10.7. The first-order valence-electron chi connectivity index (χ1n) is 3.47. The molecule has 68 valence electrons. The van der Waals surface area contributed by atoms with Crippen molar-refractivity contribution in [1.82, 2.24) is 4.90 Å². The van der Waals surface area contributed by atoms with Crippen molar-refractivity contribution in [1.29, 1.82) is 0 Å². The zero-order valence-corrected chi connectivity index (χ0v) is 8.09. The molecule has 3 nitrogen and oxygen atoms in total. The van der Waals surface area contributed by atoms with Gasteiger partial charge in [-0.15, -0.1) is 0 Å². The fourth-order valence-electron chi connectivity index (χ4n) is 0. The summed E-state index contributed by atoms with van der Waals surface area (Å²) in [5, 5.41) is 7.60. The highest BCUT2D eigenvalue weighted by atomic mass is 16.4. The van der Waals surface area contributed by atoms with Crippen molar-refractivity contribution in [3.8, 4) is 0 Å². The van der Waals surface area contributed by atoms with Gasteiger partial charge in [-0.1, -0.05) is 20.4 Å². The van der Waals surface area contributed by atoms with Crippen LogP contribution in [0.5, 0.6) is 0 Å². The summed E-state index contributed by atoms with van der Waals surface area (Å²) in [6.45, 7) is 6.96. The van der Waals surface area contributed by atoms with Crippen LogP contribution in [0.2, 0.25) is 0 Å². The van der Waals surface area contributed by atoms with Gasteiger partial charge in [-0.3, -0.25) is 0 Å². The van der Waals surface area contributed by atoms with Crippen molar-refractivity contribution in [2.75, 3.05) is 21.1 Å². The van der Waals surface area contributed by atoms with Crippen LogP contribution in [0, 0.1) is 0 Å². The molecule has 0 saturated heterocycles. The van der Waals surface area contributed by atoms with Crippen LogP contribution in [0.3, 0.4) is 0 Å². The lowest BCUT2D eigenvalue weighted by molar-refractivity contribution is -0.131. The lowest BCUT2D eigenvalue weighted by Gasteiger charge is -1.90. The third kappa shape index (κ3) is 344. The molecule has 0 aliphatic heterocycles. The number of carboxylic acid groups (broad SMARTS) is 1. The summed E-state index contributed by atoms with van der Waals surface area (Å²) < 4.78 is 0. The summed E-state index contributed by atoms with van der Waals surface area (Å²) in [6.07, 6.45) is 0.833. The molecule has 0 rings (SSSR count). The Morgan fingerprint density at radius 1 is 1.36 bits per heavy atom. The van der Waals surface area contributed by atoms with Gasteiger partial charge in [-0.25, -0.2) is 4.79 Å². The van der Waals surface area contributed by atoms with Gasteiger partial charge in [0.25, 0.3) is 0 Å². The molecule has 0 aliphatic carbocycles. The number of hydrogen-bond donors (Lipinski definition) is 1. The molecular weight excluding hydrogens is 142 g/mol. The summed E-state index contributed by atoms with van der Waals surface area (Å²) in [6, 6.07) is 0. The van der Waals surface area contributed by atoms with E-state index in [1.54, 1.807) is 0 Å². The van der Waals surface area contributed by atoms with Crippen LogP contribution in [-0.2, 0) is 4.79 Å². The second-order valence-electron chi connectivity index (χ2n) is 1.88. The van der Waals surface area contributed by atoms with Crippen molar-refractivity contribution in [3.05, 3.63) is 12.7 Å². The van der Waals surface area contributed by atoms with E-state index >= 15 is 0 Å². The number of nitrogens with zero attached hydrogens (tertiary/aromatic N) is 1. The first-order valence-corrected chi connectivity index (χ1v) is 3.47. The maximum atomic E-state index is 9.25. The number of hydrogen-bond acceptors (Lipinski definition) is 2. The van der Waals surface area contributed by atoms with Crippen LogP contribution in [0.4, 0.5) is 0 Å². The summed E-state index contributed by atoms with van der Waals surface area (Å²) in [4.78, 5) is 11.2. The highest BCUT2D eigenvalue weighted by Crippen LogP contribution is 1.54. The smallest absolute Gasteiger partial charge is 0.327 e. The molecule has 0 aromatic heterocycles. The minimum Gasteiger partial charge on any atom is -0.478 e. The Morgan fingerprint density at radius 2 is 1.45 bits per heavy atom. The largest absolute Gasteiger partial charge is 0.478 e. The molecule has 0 heterocycles. The summed E-state index contributed by atoms with van der Waals surface area (Å²) >= 11 is 0. The van der Waals surface area contributed by atoms with E-state index in [0.717, 1.165) is 6.08 Å². The maximum Gasteiger partial charge on any atom is 0.327 e. The van der Waals surface area contributed by atoms with Gasteiger partial charge in [-0.05, 0) is 21.1 Å². The summed E-state index contributed by atoms with van der Waals surface area (Å²) in [7, 11) is 6.00. The molecule has 0 spiro atoms. The standard InChI is InChI=1S/C3H9N.C3H4O2.C2H6/c1-4(2)3;1-2-3(4)5;1-2/h1-3H3;2H,1H2,(H,4,5);1-2H3. The van der Waals surface area contributed by atoms with E-state index in [-0.39, 0.29) is 0 Å². The predicted octanol–water partition coefficient (Wildman–Crippen LogP) is 1.46. The van der Waals surface area contributed by atoms with Crippen LogP contribution in [0.25, 0.3) is 0 Å². The van der Waals surface area contributed by atoms with Crippen LogP contribution in [0.1, 0.15) is 13.8 Å². The third-order valence-corrected chi connectivity index (χ3v) is 0.175. The Balaban J connectivity index is -0.0000000965. The van der Waals surface area contributed by atoms with E-state index in [1.807, 2.05) is 39.9 Å². The van der Waals surface area contributed by atoms with Crippen LogP contribution in [0.15, 0.2) is 12.7 Å². The first kappa shape index (κ1) is 16.6. The van der Waals surface area contributed by atoms with E-state index in [4.69, 9.17) is 5.11 Å². The highest BCUT2D eigenvalue weighted by molar-refractivity contribution is 5.78. The molecule has 0 amide bonds. The topological polar surface area (TPSA) is 40.5 Å². The molecule has 11 heavy (non-hydrogen) atoms. The Labute approximate surface area is 69.3 Å². The van der Waals surface area contributed by atoms with E-state index < -0.39 is 5.97 Å². The van der Waals surface area contributed by atoms with Gasteiger partial charge in [0.15, 0.2) is 0 Å². The molecule has 0 aliphatic rings. The summed E-state index contributed by atoms with van der Waals surface area (Å²) in [5.74, 6) is -0.981. The second-order valence-corrected chi connectivity index (χ2v) is 1.88. The molecule has 1 N–H and O–H groups in total. The van der Waals surface area contributed by atoms with Gasteiger partial charge in [0.2, 0.25) is 0 Å². The fraction of sp³-hybridized carbons (Fsp3) is 0.625. The molecule has 0 fully saturated rings. The molecular formula is C8H19NO2. The van der Waals surface area contributed by atoms with Crippen molar-refractivity contribution in [2.45, 2.75) is 13.8 Å². The van der Waals surface area contributed by atoms with Crippen molar-refractivity contribution in [3.63, 3.8) is 0 Å². The molecule has 0 unspecified atom stereocenters. The molecule has 0 radical (unpaired) electrons. The number of aliphatic carboxylic acids is 1. The highest BCUT2D eigenvalue weighted by Gasteiger charge is 1.73. The minimum atomic E-state index is -0.981. The van der Waals surface area contributed by atoms with E-state index in [2.05, 4.69) is 6.58 Å². The van der Waals surface area contributed by atoms with Crippen molar-refractivity contribution in [2.24, 2.45) is 0 Å². The molecule has 0 saturated carbocycles. The predicted molar refractivity (Wildman–Crippen MR) is 48.8 cm³/mol. The Hall–Kier alpha value is -0.830. The Bertz CT molecular complexity index is 87.3. The number of carboxylic acids is 1. The normalized spacial score (nSPS) is 6.73. The van der Waals surface area contributed by atoms with Crippen molar-refractivity contribution >= 4 is 5.97 Å². The van der Waals surface area contributed by atoms with Crippen LogP contribution >= 0.6 is 0 Å². The van der Waals surface area contributed by atoms with Gasteiger partial charge in [0, 0.05) is 6.08 Å². The van der Waals surface area contributed by atoms with E-state index in [9.17, 15) is 4.79 Å². The van der Waals surface area contributed by atoms with E-state index in [1.165, 1.54) is 0 Å². The van der Waals surface area contributed by atoms with Crippen LogP contribution in [-0.4, -0.2) is 37.1 Å². The molecule has 0 bridgehead atoms. The SMILES string of the molecule is C=CC(=O)O.CC.CN(C)C. The van der Waals surface area contributed by atoms with E-state index in [0.29, 0.717) is 0 Å². The zero-order valence-electron chi connectivity index (χ0n) is 8.09. The number of rotatable bonds is 1. The first-order chi connectivity index (χ1) is 5.00. The zero-order chi connectivity index (χ0) is 9.86. The van der Waals surface area contributed by atoms with Gasteiger partial charge >= 0.3 is 5.97 Å². The quantitative estimate of drug-likeness (QED) is 0.592. The third-order valence-electron chi connectivity index (χ3n) is 0.175. The van der Waals surface area contributed by atoms with Gasteiger partial charge < -0.3 is 10.0 Å². The average molecular weight is 161 g/mol. The number of carbonyl (C=O) groups is 1. The molecule has 0 atom stereocenters. The second kappa shape index (κ2) is 16.1. The molecule has 0 aromatic rings. The molecule has 0 aromatic carbocycles. The van der Waals surface area contributed by atoms with Crippen LogP contribution < -0.4 is 0 Å². The Morgan fingerprint density at radius 3 is 1.45 bits per heavy atom. The average Bonchev–Trinajstić information content (AvgIpc) is 1.91. The summed E-state index contributed by atoms with van der Waals surface area (Å²) in [5.41, 5.74) is 0. The fourth-order valence-corrected chi connectivity index (χ4v) is 0. The van der Waals surface area contributed by atoms with Crippen molar-refractivity contribution < 1.29 is 9.90 Å². The lowest BCUT2D eigenvalue weighted by Crippen LogP contribution is -1.99. The Kier molecular flexibility index (Phi) is 24.3. The monoisotopic (exact) mass is 161 g/mol.